The second-order valence-corrected chi connectivity index (χ2v) is 9.07. The molecular formula is C15H28N2O4P+. The number of Topliss-reactive ketones (excluding diaryl/α,β-unsaturated/α-hetero) is 1. The predicted molar refractivity (Wildman–Crippen MR) is 86.7 cm³/mol. The molecule has 2 rings (SSSR count). The van der Waals surface area contributed by atoms with Gasteiger partial charge < -0.3 is 10.6 Å². The fourth-order valence-electron chi connectivity index (χ4n) is 3.40. The van der Waals surface area contributed by atoms with Crippen molar-refractivity contribution >= 4 is 19.4 Å². The van der Waals surface area contributed by atoms with E-state index in [0.717, 1.165) is 45.1 Å². The number of ketones is 1. The topological polar surface area (TPSA) is 98.7 Å². The standard InChI is InChI=1S/C15H27N2O4P/c18-13(9-17-15(19)14-7-4-8-16-14)11-22(20,21)10-12-5-2-1-3-6-12/h12,14,16,20-21H,1-11H2/p+1/t14-/m0/s1. The predicted octanol–water partition coefficient (Wildman–Crippen LogP) is 0.836. The molecule has 0 bridgehead atoms. The van der Waals surface area contributed by atoms with E-state index in [0.29, 0.717) is 12.1 Å². The zero-order chi connectivity index (χ0) is 16.0. The van der Waals surface area contributed by atoms with Crippen LogP contribution in [0, 0.1) is 5.92 Å². The first-order valence-electron chi connectivity index (χ1n) is 8.32. The highest BCUT2D eigenvalue weighted by Gasteiger charge is 2.39. The summed E-state index contributed by atoms with van der Waals surface area (Å²) in [6, 6.07) is -0.210. The molecule has 1 amide bonds. The van der Waals surface area contributed by atoms with E-state index in [4.69, 9.17) is 0 Å². The molecule has 1 aliphatic heterocycles. The third kappa shape index (κ3) is 5.92. The first kappa shape index (κ1) is 17.8. The van der Waals surface area contributed by atoms with Gasteiger partial charge in [0.2, 0.25) is 5.91 Å². The fourth-order valence-corrected chi connectivity index (χ4v) is 5.40. The van der Waals surface area contributed by atoms with Crippen LogP contribution in [0.3, 0.4) is 0 Å². The van der Waals surface area contributed by atoms with Crippen molar-refractivity contribution in [3.63, 3.8) is 0 Å². The third-order valence-corrected chi connectivity index (χ3v) is 6.50. The van der Waals surface area contributed by atoms with Crippen LogP contribution < -0.4 is 10.6 Å². The van der Waals surface area contributed by atoms with Crippen molar-refractivity contribution in [2.45, 2.75) is 51.0 Å². The lowest BCUT2D eigenvalue weighted by Gasteiger charge is -2.23. The van der Waals surface area contributed by atoms with Crippen molar-refractivity contribution in [1.82, 2.24) is 10.6 Å². The molecule has 2 fully saturated rings. The Hall–Kier alpha value is -0.550. The van der Waals surface area contributed by atoms with E-state index in [1.54, 1.807) is 0 Å². The van der Waals surface area contributed by atoms with Crippen LogP contribution in [0.2, 0.25) is 0 Å². The highest BCUT2D eigenvalue weighted by Crippen LogP contribution is 2.52. The zero-order valence-electron chi connectivity index (χ0n) is 13.1. The van der Waals surface area contributed by atoms with Gasteiger partial charge in [0, 0.05) is 0 Å². The molecule has 1 heterocycles. The number of hydrogen-bond acceptors (Lipinski definition) is 5. The molecule has 1 saturated carbocycles. The Morgan fingerprint density at radius 2 is 1.82 bits per heavy atom. The van der Waals surface area contributed by atoms with E-state index in [-0.39, 0.29) is 30.4 Å². The molecule has 4 N–H and O–H groups in total. The molecule has 1 aliphatic carbocycles. The number of carbonyl (C=O) groups excluding carboxylic acids is 2. The van der Waals surface area contributed by atoms with Gasteiger partial charge in [-0.3, -0.25) is 9.59 Å². The SMILES string of the molecule is O=C(CNC(=O)[C@@H]1CCCN1)C[P+](O)(O)CC1CCCCC1. The second-order valence-electron chi connectivity index (χ2n) is 6.63. The van der Waals surface area contributed by atoms with Gasteiger partial charge in [0.05, 0.1) is 12.6 Å². The molecule has 0 aromatic carbocycles. The minimum absolute atomic E-state index is 0.107. The van der Waals surface area contributed by atoms with Crippen molar-refractivity contribution in [3.05, 3.63) is 0 Å². The molecular weight excluding hydrogens is 303 g/mol. The van der Waals surface area contributed by atoms with Crippen LogP contribution in [0.15, 0.2) is 0 Å². The maximum absolute atomic E-state index is 11.9. The summed E-state index contributed by atoms with van der Waals surface area (Å²) in [6.45, 7) is 0.722. The average molecular weight is 331 g/mol. The summed E-state index contributed by atoms with van der Waals surface area (Å²) in [4.78, 5) is 44.0. The van der Waals surface area contributed by atoms with Crippen LogP contribution in [0.5, 0.6) is 0 Å². The van der Waals surface area contributed by atoms with Gasteiger partial charge in [0.1, 0.15) is 6.16 Å². The van der Waals surface area contributed by atoms with Crippen LogP contribution in [0.1, 0.15) is 44.9 Å². The van der Waals surface area contributed by atoms with Crippen LogP contribution in [0.25, 0.3) is 0 Å². The Labute approximate surface area is 132 Å². The van der Waals surface area contributed by atoms with Gasteiger partial charge in [0.25, 0.3) is 7.72 Å². The van der Waals surface area contributed by atoms with E-state index in [9.17, 15) is 19.4 Å². The molecule has 6 nitrogen and oxygen atoms in total. The molecule has 2 aliphatic rings. The third-order valence-electron chi connectivity index (χ3n) is 4.54. The largest absolute Gasteiger partial charge is 0.348 e. The molecule has 1 atom stereocenters. The van der Waals surface area contributed by atoms with E-state index in [2.05, 4.69) is 10.6 Å². The van der Waals surface area contributed by atoms with Crippen molar-refractivity contribution in [1.29, 1.82) is 0 Å². The summed E-state index contributed by atoms with van der Waals surface area (Å²) in [6.07, 6.45) is 7.47. The Kier molecular flexibility index (Phi) is 6.75. The van der Waals surface area contributed by atoms with E-state index in [1.807, 2.05) is 0 Å². The van der Waals surface area contributed by atoms with Crippen molar-refractivity contribution in [3.8, 4) is 0 Å². The molecule has 0 unspecified atom stereocenters. The lowest BCUT2D eigenvalue weighted by Crippen LogP contribution is -2.43. The van der Waals surface area contributed by atoms with Gasteiger partial charge in [-0.15, -0.1) is 0 Å². The van der Waals surface area contributed by atoms with E-state index in [1.165, 1.54) is 6.42 Å². The maximum atomic E-state index is 11.9. The minimum Gasteiger partial charge on any atom is -0.348 e. The summed E-state index contributed by atoms with van der Waals surface area (Å²) in [7, 11) is -3.17. The Balaban J connectivity index is 1.69. The highest BCUT2D eigenvalue weighted by molar-refractivity contribution is 7.65. The van der Waals surface area contributed by atoms with E-state index >= 15 is 0 Å². The second kappa shape index (κ2) is 8.34. The highest BCUT2D eigenvalue weighted by atomic mass is 31.2. The number of rotatable bonds is 7. The van der Waals surface area contributed by atoms with E-state index < -0.39 is 7.72 Å². The normalized spacial score (nSPS) is 23.5. The molecule has 0 radical (unpaired) electrons. The zero-order valence-corrected chi connectivity index (χ0v) is 14.0. The number of nitrogens with one attached hydrogen (secondary N) is 2. The van der Waals surface area contributed by atoms with Gasteiger partial charge in [-0.2, -0.15) is 0 Å². The fraction of sp³-hybridized carbons (Fsp3) is 0.867. The summed E-state index contributed by atoms with van der Waals surface area (Å²) < 4.78 is 0. The summed E-state index contributed by atoms with van der Waals surface area (Å²) in [5.41, 5.74) is 0. The average Bonchev–Trinajstić information content (AvgIpc) is 2.99. The first-order chi connectivity index (χ1) is 10.5. The Bertz CT molecular complexity index is 391. The summed E-state index contributed by atoms with van der Waals surface area (Å²) in [5, 5.41) is 5.66. The quantitative estimate of drug-likeness (QED) is 0.518. The van der Waals surface area contributed by atoms with Crippen LogP contribution >= 0.6 is 7.72 Å². The van der Waals surface area contributed by atoms with Gasteiger partial charge in [-0.1, -0.05) is 19.3 Å². The molecule has 7 heteroatoms. The van der Waals surface area contributed by atoms with Crippen molar-refractivity contribution < 1.29 is 19.4 Å². The molecule has 1 saturated heterocycles. The summed E-state index contributed by atoms with van der Waals surface area (Å²) in [5.74, 6) is -0.124. The smallest absolute Gasteiger partial charge is 0.275 e. The molecule has 0 aromatic heterocycles. The van der Waals surface area contributed by atoms with Crippen molar-refractivity contribution in [2.24, 2.45) is 5.92 Å². The summed E-state index contributed by atoms with van der Waals surface area (Å²) >= 11 is 0. The van der Waals surface area contributed by atoms with Crippen molar-refractivity contribution in [2.75, 3.05) is 25.4 Å². The van der Waals surface area contributed by atoms with Gasteiger partial charge >= 0.3 is 0 Å². The van der Waals surface area contributed by atoms with Crippen LogP contribution in [-0.4, -0.2) is 52.9 Å². The van der Waals surface area contributed by atoms with Gasteiger partial charge in [-0.05, 0) is 38.1 Å². The van der Waals surface area contributed by atoms with Crippen LogP contribution in [0.4, 0.5) is 0 Å². The number of amides is 1. The Morgan fingerprint density at radius 1 is 1.09 bits per heavy atom. The maximum Gasteiger partial charge on any atom is 0.275 e. The molecule has 22 heavy (non-hydrogen) atoms. The monoisotopic (exact) mass is 331 g/mol. The van der Waals surface area contributed by atoms with Gasteiger partial charge in [-0.25, -0.2) is 9.79 Å². The number of hydrogen-bond donors (Lipinski definition) is 4. The first-order valence-corrected chi connectivity index (χ1v) is 10.4. The Morgan fingerprint density at radius 3 is 2.45 bits per heavy atom. The van der Waals surface area contributed by atoms with Crippen LogP contribution in [-0.2, 0) is 9.59 Å². The van der Waals surface area contributed by atoms with Gasteiger partial charge in [0.15, 0.2) is 11.9 Å². The molecule has 126 valence electrons. The lowest BCUT2D eigenvalue weighted by molar-refractivity contribution is -0.125. The molecule has 0 spiro atoms. The number of carbonyl (C=O) groups is 2. The lowest BCUT2D eigenvalue weighted by atomic mass is 9.91. The minimum atomic E-state index is -3.17. The molecule has 0 aromatic rings.